The first-order valence-corrected chi connectivity index (χ1v) is 13.2. The maximum Gasteiger partial charge on any atom is 0.157 e. The summed E-state index contributed by atoms with van der Waals surface area (Å²) < 4.78 is 12.5. The summed E-state index contributed by atoms with van der Waals surface area (Å²) in [5.74, 6) is 1.99. The molecule has 188 valence electrons. The molecular weight excluding hydrogens is 392 g/mol. The second-order valence-electron chi connectivity index (χ2n) is 10.9. The Hall–Kier alpha value is -0.860. The Morgan fingerprint density at radius 1 is 0.531 bits per heavy atom. The van der Waals surface area contributed by atoms with Crippen LogP contribution in [0.4, 0.5) is 0 Å². The van der Waals surface area contributed by atoms with Gasteiger partial charge in [0.05, 0.1) is 0 Å². The summed E-state index contributed by atoms with van der Waals surface area (Å²) in [5.41, 5.74) is 4.24. The van der Waals surface area contributed by atoms with Gasteiger partial charge in [-0.05, 0) is 111 Å². The van der Waals surface area contributed by atoms with Gasteiger partial charge in [-0.25, -0.2) is 0 Å². The summed E-state index contributed by atoms with van der Waals surface area (Å²) in [6, 6.07) is 0. The van der Waals surface area contributed by atoms with Crippen molar-refractivity contribution in [2.24, 2.45) is 17.8 Å². The Morgan fingerprint density at radius 3 is 1.22 bits per heavy atom. The highest BCUT2D eigenvalue weighted by molar-refractivity contribution is 4.94. The largest absolute Gasteiger partial charge is 0.353 e. The molecule has 0 aromatic rings. The van der Waals surface area contributed by atoms with Crippen LogP contribution in [-0.4, -0.2) is 19.5 Å². The van der Waals surface area contributed by atoms with Crippen LogP contribution in [0.3, 0.4) is 0 Å². The zero-order valence-corrected chi connectivity index (χ0v) is 23.1. The van der Waals surface area contributed by atoms with E-state index >= 15 is 0 Å². The van der Waals surface area contributed by atoms with E-state index in [9.17, 15) is 0 Å². The minimum absolute atomic E-state index is 0.0633. The summed E-state index contributed by atoms with van der Waals surface area (Å²) >= 11 is 0. The van der Waals surface area contributed by atoms with Gasteiger partial charge in [0, 0.05) is 19.6 Å². The van der Waals surface area contributed by atoms with Crippen LogP contribution >= 0.6 is 0 Å². The minimum Gasteiger partial charge on any atom is -0.353 e. The number of hydrogen-bond donors (Lipinski definition) is 0. The highest BCUT2D eigenvalue weighted by Gasteiger charge is 2.15. The summed E-state index contributed by atoms with van der Waals surface area (Å²) in [6.45, 7) is 21.7. The van der Waals surface area contributed by atoms with E-state index in [1.54, 1.807) is 0 Å². The van der Waals surface area contributed by atoms with Crippen molar-refractivity contribution in [3.05, 3.63) is 34.9 Å². The van der Waals surface area contributed by atoms with E-state index in [0.29, 0.717) is 17.8 Å². The average molecular weight is 449 g/mol. The molecule has 0 aliphatic rings. The van der Waals surface area contributed by atoms with E-state index in [2.05, 4.69) is 80.5 Å². The summed E-state index contributed by atoms with van der Waals surface area (Å²) in [5, 5.41) is 0. The standard InChI is InChI=1S/C30H56O2/c1-24(2)13-10-16-27(7)19-21-31-30(23-29(9)18-12-15-26(5)6)32-22-20-28(8)17-11-14-25(3)4/h13-15,27-30H,10-12,16-23H2,1-9H3/t27-,28-,29-/m1/s1. The molecule has 0 amide bonds. The highest BCUT2D eigenvalue weighted by atomic mass is 16.7. The minimum atomic E-state index is -0.0633. The van der Waals surface area contributed by atoms with Gasteiger partial charge in [-0.2, -0.15) is 0 Å². The molecule has 0 fully saturated rings. The molecule has 0 aliphatic heterocycles. The monoisotopic (exact) mass is 448 g/mol. The van der Waals surface area contributed by atoms with Gasteiger partial charge in [-0.3, -0.25) is 0 Å². The second-order valence-corrected chi connectivity index (χ2v) is 10.9. The lowest BCUT2D eigenvalue weighted by Gasteiger charge is -2.23. The van der Waals surface area contributed by atoms with Gasteiger partial charge in [0.2, 0.25) is 0 Å². The van der Waals surface area contributed by atoms with Gasteiger partial charge in [-0.15, -0.1) is 0 Å². The van der Waals surface area contributed by atoms with Gasteiger partial charge in [0.15, 0.2) is 6.29 Å². The summed E-state index contributed by atoms with van der Waals surface area (Å²) in [6.07, 6.45) is 17.4. The van der Waals surface area contributed by atoms with Crippen LogP contribution in [0.15, 0.2) is 34.9 Å². The molecule has 0 aromatic carbocycles. The van der Waals surface area contributed by atoms with E-state index in [1.165, 1.54) is 48.8 Å². The molecule has 0 heterocycles. The quantitative estimate of drug-likeness (QED) is 0.145. The van der Waals surface area contributed by atoms with E-state index in [1.807, 2.05) is 0 Å². The molecule has 0 spiro atoms. The van der Waals surface area contributed by atoms with Crippen LogP contribution in [0, 0.1) is 17.8 Å². The lowest BCUT2D eigenvalue weighted by atomic mass is 10.00. The zero-order valence-electron chi connectivity index (χ0n) is 23.1. The smallest absolute Gasteiger partial charge is 0.157 e. The van der Waals surface area contributed by atoms with Crippen LogP contribution in [0.25, 0.3) is 0 Å². The van der Waals surface area contributed by atoms with Gasteiger partial charge in [0.25, 0.3) is 0 Å². The lowest BCUT2D eigenvalue weighted by molar-refractivity contribution is -0.155. The molecule has 0 saturated carbocycles. The number of hydrogen-bond acceptors (Lipinski definition) is 2. The molecule has 0 bridgehead atoms. The third-order valence-electron chi connectivity index (χ3n) is 6.06. The highest BCUT2D eigenvalue weighted by Crippen LogP contribution is 2.20. The predicted molar refractivity (Wildman–Crippen MR) is 143 cm³/mol. The SMILES string of the molecule is CC(C)=CCC[C@@H](C)CCOC(C[C@H](C)CCC=C(C)C)OCC[C@H](C)CCC=C(C)C. The molecule has 0 unspecified atom stereocenters. The van der Waals surface area contributed by atoms with E-state index in [4.69, 9.17) is 9.47 Å². The molecule has 2 heteroatoms. The van der Waals surface area contributed by atoms with Gasteiger partial charge < -0.3 is 9.47 Å². The molecule has 0 saturated heterocycles. The van der Waals surface area contributed by atoms with Gasteiger partial charge in [-0.1, -0.05) is 55.7 Å². The van der Waals surface area contributed by atoms with Crippen LogP contribution in [0.2, 0.25) is 0 Å². The van der Waals surface area contributed by atoms with Crippen LogP contribution in [0.5, 0.6) is 0 Å². The first-order chi connectivity index (χ1) is 15.1. The van der Waals surface area contributed by atoms with E-state index in [-0.39, 0.29) is 6.29 Å². The van der Waals surface area contributed by atoms with Crippen molar-refractivity contribution >= 4 is 0 Å². The van der Waals surface area contributed by atoms with Crippen molar-refractivity contribution in [1.29, 1.82) is 0 Å². The second kappa shape index (κ2) is 19.6. The predicted octanol–water partition coefficient (Wildman–Crippen LogP) is 9.66. The Kier molecular flexibility index (Phi) is 19.1. The van der Waals surface area contributed by atoms with Gasteiger partial charge >= 0.3 is 0 Å². The van der Waals surface area contributed by atoms with Crippen LogP contribution < -0.4 is 0 Å². The third kappa shape index (κ3) is 21.0. The molecule has 3 atom stereocenters. The van der Waals surface area contributed by atoms with E-state index < -0.39 is 0 Å². The summed E-state index contributed by atoms with van der Waals surface area (Å²) in [4.78, 5) is 0. The summed E-state index contributed by atoms with van der Waals surface area (Å²) in [7, 11) is 0. The Labute approximate surface area is 201 Å². The number of ether oxygens (including phenoxy) is 2. The fraction of sp³-hybridized carbons (Fsp3) is 0.800. The lowest BCUT2D eigenvalue weighted by Crippen LogP contribution is -2.23. The van der Waals surface area contributed by atoms with Crippen molar-refractivity contribution in [2.75, 3.05) is 13.2 Å². The maximum absolute atomic E-state index is 6.27. The van der Waals surface area contributed by atoms with Crippen molar-refractivity contribution < 1.29 is 9.47 Å². The molecular formula is C30H56O2. The third-order valence-corrected chi connectivity index (χ3v) is 6.06. The van der Waals surface area contributed by atoms with Gasteiger partial charge in [0.1, 0.15) is 0 Å². The first-order valence-electron chi connectivity index (χ1n) is 13.2. The van der Waals surface area contributed by atoms with Crippen LogP contribution in [0.1, 0.15) is 120 Å². The Morgan fingerprint density at radius 2 is 0.875 bits per heavy atom. The first kappa shape index (κ1) is 31.1. The molecule has 32 heavy (non-hydrogen) atoms. The number of allylic oxidation sites excluding steroid dienone is 6. The average Bonchev–Trinajstić information content (AvgIpc) is 2.66. The maximum atomic E-state index is 6.27. The van der Waals surface area contributed by atoms with Crippen molar-refractivity contribution in [2.45, 2.75) is 126 Å². The fourth-order valence-corrected chi connectivity index (χ4v) is 3.69. The van der Waals surface area contributed by atoms with Crippen molar-refractivity contribution in [3.63, 3.8) is 0 Å². The molecule has 0 rings (SSSR count). The molecule has 0 aliphatic carbocycles. The van der Waals surface area contributed by atoms with Crippen molar-refractivity contribution in [3.8, 4) is 0 Å². The Balaban J connectivity index is 4.47. The van der Waals surface area contributed by atoms with E-state index in [0.717, 1.165) is 38.9 Å². The molecule has 0 N–H and O–H groups in total. The Bertz CT molecular complexity index is 497. The normalized spacial score (nSPS) is 14.1. The fourth-order valence-electron chi connectivity index (χ4n) is 3.69. The molecule has 0 radical (unpaired) electrons. The van der Waals surface area contributed by atoms with Crippen molar-refractivity contribution in [1.82, 2.24) is 0 Å². The zero-order chi connectivity index (χ0) is 24.4. The molecule has 0 aromatic heterocycles. The number of rotatable bonds is 19. The van der Waals surface area contributed by atoms with Crippen LogP contribution in [-0.2, 0) is 9.47 Å². The molecule has 2 nitrogen and oxygen atoms in total. The topological polar surface area (TPSA) is 18.5 Å².